The molecule has 0 aliphatic heterocycles. The lowest BCUT2D eigenvalue weighted by atomic mass is 10.1. The highest BCUT2D eigenvalue weighted by molar-refractivity contribution is 5.75. The second-order valence-corrected chi connectivity index (χ2v) is 4.95. The number of aromatic nitrogens is 1. The minimum absolute atomic E-state index is 0.0770. The maximum Gasteiger partial charge on any atom is 0.315 e. The van der Waals surface area contributed by atoms with Crippen molar-refractivity contribution in [1.82, 2.24) is 15.6 Å². The Hall–Kier alpha value is -2.05. The molecule has 110 valence electrons. The van der Waals surface area contributed by atoms with Crippen LogP contribution in [0, 0.1) is 5.92 Å². The van der Waals surface area contributed by atoms with Crippen molar-refractivity contribution < 1.29 is 19.1 Å². The first-order chi connectivity index (χ1) is 9.58. The highest BCUT2D eigenvalue weighted by Gasteiger charge is 2.30. The summed E-state index contributed by atoms with van der Waals surface area (Å²) in [7, 11) is 0. The summed E-state index contributed by atoms with van der Waals surface area (Å²) in [5.74, 6) is 0.106. The number of carboxylic acid groups (broad SMARTS) is 1. The van der Waals surface area contributed by atoms with Crippen LogP contribution in [0.25, 0.3) is 0 Å². The van der Waals surface area contributed by atoms with Gasteiger partial charge in [-0.05, 0) is 19.3 Å². The number of hydrogen-bond acceptors (Lipinski definition) is 4. The summed E-state index contributed by atoms with van der Waals surface area (Å²) in [6.45, 7) is 2.18. The molecule has 1 aromatic heterocycles. The van der Waals surface area contributed by atoms with Crippen molar-refractivity contribution in [2.75, 3.05) is 0 Å². The molecular formula is C13H19N3O4. The van der Waals surface area contributed by atoms with E-state index in [0.29, 0.717) is 25.2 Å². The lowest BCUT2D eigenvalue weighted by Crippen LogP contribution is -2.40. The van der Waals surface area contributed by atoms with Crippen LogP contribution in [0.15, 0.2) is 10.6 Å². The third kappa shape index (κ3) is 3.72. The molecule has 0 aromatic carbocycles. The van der Waals surface area contributed by atoms with Crippen LogP contribution in [0.4, 0.5) is 4.79 Å². The van der Waals surface area contributed by atoms with Crippen LogP contribution in [-0.2, 0) is 17.8 Å². The minimum atomic E-state index is -0.790. The van der Waals surface area contributed by atoms with E-state index in [1.165, 1.54) is 0 Å². The van der Waals surface area contributed by atoms with E-state index in [0.717, 1.165) is 12.2 Å². The van der Waals surface area contributed by atoms with Crippen LogP contribution >= 0.6 is 0 Å². The number of oxazole rings is 1. The summed E-state index contributed by atoms with van der Waals surface area (Å²) in [5, 5.41) is 14.3. The summed E-state index contributed by atoms with van der Waals surface area (Å²) in [5.41, 5.74) is 0. The van der Waals surface area contributed by atoms with Gasteiger partial charge in [0.05, 0.1) is 18.7 Å². The maximum absolute atomic E-state index is 11.7. The number of rotatable bonds is 5. The SMILES string of the molecule is CCc1cnc(CNC(=O)NC2CCC(C(=O)O)C2)o1. The molecule has 2 atom stereocenters. The summed E-state index contributed by atoms with van der Waals surface area (Å²) < 4.78 is 5.37. The molecule has 1 aliphatic rings. The predicted octanol–water partition coefficient (Wildman–Crippen LogP) is 1.29. The normalized spacial score (nSPS) is 21.6. The zero-order valence-corrected chi connectivity index (χ0v) is 11.4. The van der Waals surface area contributed by atoms with E-state index in [1.54, 1.807) is 6.20 Å². The highest BCUT2D eigenvalue weighted by Crippen LogP contribution is 2.25. The van der Waals surface area contributed by atoms with Gasteiger partial charge in [-0.2, -0.15) is 0 Å². The molecule has 3 N–H and O–H groups in total. The van der Waals surface area contributed by atoms with Crippen LogP contribution in [-0.4, -0.2) is 28.1 Å². The van der Waals surface area contributed by atoms with Gasteiger partial charge < -0.3 is 20.2 Å². The molecule has 2 amide bonds. The fourth-order valence-electron chi connectivity index (χ4n) is 2.32. The van der Waals surface area contributed by atoms with Gasteiger partial charge in [0.15, 0.2) is 0 Å². The average Bonchev–Trinajstić information content (AvgIpc) is 3.04. The van der Waals surface area contributed by atoms with Gasteiger partial charge in [-0.3, -0.25) is 4.79 Å². The standard InChI is InChI=1S/C13H19N3O4/c1-2-10-6-14-11(20-10)7-15-13(19)16-9-4-3-8(5-9)12(17)18/h6,8-9H,2-5,7H2,1H3,(H,17,18)(H2,15,16,19). The van der Waals surface area contributed by atoms with Gasteiger partial charge in [0.2, 0.25) is 5.89 Å². The van der Waals surface area contributed by atoms with E-state index in [-0.39, 0.29) is 24.5 Å². The second-order valence-electron chi connectivity index (χ2n) is 4.95. The van der Waals surface area contributed by atoms with Crippen molar-refractivity contribution in [2.45, 2.75) is 45.2 Å². The molecule has 1 aromatic rings. The molecule has 1 fully saturated rings. The monoisotopic (exact) mass is 281 g/mol. The molecule has 0 saturated heterocycles. The summed E-state index contributed by atoms with van der Waals surface area (Å²) in [6.07, 6.45) is 4.20. The minimum Gasteiger partial charge on any atom is -0.481 e. The molecule has 2 rings (SSSR count). The van der Waals surface area contributed by atoms with Gasteiger partial charge in [0.25, 0.3) is 0 Å². The zero-order chi connectivity index (χ0) is 14.5. The van der Waals surface area contributed by atoms with Gasteiger partial charge in [0, 0.05) is 12.5 Å². The van der Waals surface area contributed by atoms with E-state index < -0.39 is 5.97 Å². The molecular weight excluding hydrogens is 262 g/mol. The molecule has 7 nitrogen and oxygen atoms in total. The summed E-state index contributed by atoms with van der Waals surface area (Å²) in [6, 6.07) is -0.399. The number of hydrogen-bond donors (Lipinski definition) is 3. The van der Waals surface area contributed by atoms with Crippen LogP contribution < -0.4 is 10.6 Å². The van der Waals surface area contributed by atoms with Gasteiger partial charge in [-0.25, -0.2) is 9.78 Å². The maximum atomic E-state index is 11.7. The third-order valence-electron chi connectivity index (χ3n) is 3.47. The number of urea groups is 1. The van der Waals surface area contributed by atoms with E-state index in [1.807, 2.05) is 6.92 Å². The van der Waals surface area contributed by atoms with E-state index in [9.17, 15) is 9.59 Å². The van der Waals surface area contributed by atoms with Gasteiger partial charge >= 0.3 is 12.0 Å². The molecule has 0 radical (unpaired) electrons. The van der Waals surface area contributed by atoms with Crippen molar-refractivity contribution in [1.29, 1.82) is 0 Å². The molecule has 2 unspecified atom stereocenters. The smallest absolute Gasteiger partial charge is 0.315 e. The van der Waals surface area contributed by atoms with Crippen molar-refractivity contribution in [2.24, 2.45) is 5.92 Å². The summed E-state index contributed by atoms with van der Waals surface area (Å²) >= 11 is 0. The Kier molecular flexibility index (Phi) is 4.60. The molecule has 1 heterocycles. The van der Waals surface area contributed by atoms with Crippen LogP contribution in [0.5, 0.6) is 0 Å². The van der Waals surface area contributed by atoms with Crippen molar-refractivity contribution in [3.8, 4) is 0 Å². The van der Waals surface area contributed by atoms with Gasteiger partial charge in [0.1, 0.15) is 5.76 Å². The van der Waals surface area contributed by atoms with Gasteiger partial charge in [-0.1, -0.05) is 6.92 Å². The van der Waals surface area contributed by atoms with Crippen LogP contribution in [0.2, 0.25) is 0 Å². The number of nitrogens with zero attached hydrogens (tertiary/aromatic N) is 1. The Labute approximate surface area is 116 Å². The first-order valence-corrected chi connectivity index (χ1v) is 6.79. The van der Waals surface area contributed by atoms with Crippen molar-refractivity contribution >= 4 is 12.0 Å². The fourth-order valence-corrected chi connectivity index (χ4v) is 2.32. The van der Waals surface area contributed by atoms with Gasteiger partial charge in [-0.15, -0.1) is 0 Å². The van der Waals surface area contributed by atoms with E-state index >= 15 is 0 Å². The van der Waals surface area contributed by atoms with E-state index in [2.05, 4.69) is 15.6 Å². The molecule has 7 heteroatoms. The van der Waals surface area contributed by atoms with Crippen LogP contribution in [0.3, 0.4) is 0 Å². The Morgan fingerprint density at radius 3 is 2.90 bits per heavy atom. The average molecular weight is 281 g/mol. The largest absolute Gasteiger partial charge is 0.481 e. The number of aliphatic carboxylic acids is 1. The Bertz CT molecular complexity index is 486. The second kappa shape index (κ2) is 6.40. The first kappa shape index (κ1) is 14.4. The Balaban J connectivity index is 1.72. The topological polar surface area (TPSA) is 104 Å². The predicted molar refractivity (Wildman–Crippen MR) is 70.0 cm³/mol. The lowest BCUT2D eigenvalue weighted by molar-refractivity contribution is -0.141. The van der Waals surface area contributed by atoms with Crippen molar-refractivity contribution in [3.05, 3.63) is 17.8 Å². The Morgan fingerprint density at radius 2 is 2.30 bits per heavy atom. The number of carboxylic acids is 1. The quantitative estimate of drug-likeness (QED) is 0.754. The molecule has 0 bridgehead atoms. The molecule has 0 spiro atoms. The number of carbonyl (C=O) groups is 2. The first-order valence-electron chi connectivity index (χ1n) is 6.79. The number of aryl methyl sites for hydroxylation is 1. The lowest BCUT2D eigenvalue weighted by Gasteiger charge is -2.12. The zero-order valence-electron chi connectivity index (χ0n) is 11.4. The summed E-state index contributed by atoms with van der Waals surface area (Å²) in [4.78, 5) is 26.6. The van der Waals surface area contributed by atoms with Crippen LogP contribution in [0.1, 0.15) is 37.8 Å². The molecule has 20 heavy (non-hydrogen) atoms. The third-order valence-corrected chi connectivity index (χ3v) is 3.47. The number of carbonyl (C=O) groups excluding carboxylic acids is 1. The highest BCUT2D eigenvalue weighted by atomic mass is 16.4. The number of amides is 2. The Morgan fingerprint density at radius 1 is 1.50 bits per heavy atom. The fraction of sp³-hybridized carbons (Fsp3) is 0.615. The van der Waals surface area contributed by atoms with E-state index in [4.69, 9.17) is 9.52 Å². The molecule has 1 saturated carbocycles. The molecule has 1 aliphatic carbocycles. The van der Waals surface area contributed by atoms with Crippen molar-refractivity contribution in [3.63, 3.8) is 0 Å². The number of nitrogens with one attached hydrogen (secondary N) is 2.